The van der Waals surface area contributed by atoms with Gasteiger partial charge in [0.25, 0.3) is 5.88 Å². The Morgan fingerprint density at radius 3 is 2.92 bits per heavy atom. The number of methoxy groups -OCH3 is 1. The van der Waals surface area contributed by atoms with Gasteiger partial charge in [-0.05, 0) is 0 Å². The van der Waals surface area contributed by atoms with Gasteiger partial charge in [0, 0.05) is 7.11 Å². The second kappa shape index (κ2) is 3.06. The third-order valence-electron chi connectivity index (χ3n) is 1.33. The van der Waals surface area contributed by atoms with E-state index in [1.165, 1.54) is 7.11 Å². The zero-order valence-electron chi connectivity index (χ0n) is 6.24. The fraction of sp³-hybridized carbons (Fsp3) is 0.400. The van der Waals surface area contributed by atoms with E-state index in [-0.39, 0.29) is 5.70 Å². The van der Waals surface area contributed by atoms with Crippen LogP contribution in [0, 0.1) is 5.39 Å². The number of ether oxygens (including phenoxy) is 1. The van der Waals surface area contributed by atoms with Gasteiger partial charge in [0.1, 0.15) is 0 Å². The fourth-order valence-electron chi connectivity index (χ4n) is 0.790. The van der Waals surface area contributed by atoms with Gasteiger partial charge in [-0.3, -0.25) is 5.32 Å². The molecule has 64 valence electrons. The lowest BCUT2D eigenvalue weighted by atomic mass is 10.3. The van der Waals surface area contributed by atoms with Gasteiger partial charge in [0.15, 0.2) is 4.98 Å². The lowest BCUT2D eigenvalue weighted by Gasteiger charge is -2.15. The first kappa shape index (κ1) is 8.29. The van der Waals surface area contributed by atoms with Crippen molar-refractivity contribution in [2.45, 2.75) is 6.23 Å². The number of diazo groups is 1. The summed E-state index contributed by atoms with van der Waals surface area (Å²) in [4.78, 5) is 13.4. The van der Waals surface area contributed by atoms with E-state index in [9.17, 15) is 4.79 Å². The Hall–Kier alpha value is -1.81. The second-order valence-electron chi connectivity index (χ2n) is 2.05. The third-order valence-corrected chi connectivity index (χ3v) is 1.33. The van der Waals surface area contributed by atoms with Crippen LogP contribution in [0.5, 0.6) is 0 Å². The summed E-state index contributed by atoms with van der Waals surface area (Å²) in [5, 5.41) is 21.6. The van der Waals surface area contributed by atoms with E-state index in [2.05, 4.69) is 10.3 Å². The van der Waals surface area contributed by atoms with Crippen LogP contribution in [-0.2, 0) is 4.74 Å². The summed E-state index contributed by atoms with van der Waals surface area (Å²) in [6.07, 6.45) is -0.927. The molecular formula is C5H7N4O3+. The number of urea groups is 1. The smallest absolute Gasteiger partial charge is 0.469 e. The number of rotatable bonds is 1. The van der Waals surface area contributed by atoms with E-state index in [1.54, 1.807) is 0 Å². The van der Waals surface area contributed by atoms with E-state index < -0.39 is 18.1 Å². The largest absolute Gasteiger partial charge is 0.489 e. The summed E-state index contributed by atoms with van der Waals surface area (Å²) >= 11 is 0. The highest BCUT2D eigenvalue weighted by Crippen LogP contribution is 2.11. The highest BCUT2D eigenvalue weighted by Gasteiger charge is 2.37. The van der Waals surface area contributed by atoms with Crippen LogP contribution in [-0.4, -0.2) is 24.5 Å². The molecule has 0 saturated heterocycles. The summed E-state index contributed by atoms with van der Waals surface area (Å²) in [5.74, 6) is -0.520. The molecular weight excluding hydrogens is 164 g/mol. The molecule has 0 aliphatic carbocycles. The lowest BCUT2D eigenvalue weighted by Crippen LogP contribution is -2.48. The number of carbonyl (C=O) groups is 1. The minimum atomic E-state index is -0.927. The van der Waals surface area contributed by atoms with E-state index in [0.29, 0.717) is 0 Å². The van der Waals surface area contributed by atoms with E-state index in [0.717, 1.165) is 0 Å². The first-order valence-electron chi connectivity index (χ1n) is 3.07. The Balaban J connectivity index is 2.96. The normalized spacial score (nSPS) is 22.7. The molecule has 0 radical (unpaired) electrons. The molecule has 0 aromatic rings. The van der Waals surface area contributed by atoms with Crippen LogP contribution in [0.4, 0.5) is 4.79 Å². The van der Waals surface area contributed by atoms with Crippen LogP contribution in [0.15, 0.2) is 11.6 Å². The molecule has 12 heavy (non-hydrogen) atoms. The maximum Gasteiger partial charge on any atom is 0.469 e. The van der Waals surface area contributed by atoms with Crippen LogP contribution in [0.2, 0.25) is 0 Å². The third kappa shape index (κ3) is 1.28. The molecule has 1 rings (SSSR count). The SMILES string of the molecule is COC1NC(=O)NC(O)=C1[N+]#N. The molecule has 1 unspecified atom stereocenters. The topological polar surface area (TPSA) is 98.7 Å². The van der Waals surface area contributed by atoms with Crippen molar-refractivity contribution in [3.8, 4) is 0 Å². The number of hydrogen-bond donors (Lipinski definition) is 3. The predicted octanol–water partition coefficient (Wildman–Crippen LogP) is -0.148. The average Bonchev–Trinajstić information content (AvgIpc) is 2.03. The van der Waals surface area contributed by atoms with Crippen LogP contribution in [0.3, 0.4) is 0 Å². The van der Waals surface area contributed by atoms with E-state index >= 15 is 0 Å². The Kier molecular flexibility index (Phi) is 2.11. The summed E-state index contributed by atoms with van der Waals surface area (Å²) < 4.78 is 4.69. The number of aliphatic hydroxyl groups excluding tert-OH is 1. The van der Waals surface area contributed by atoms with Gasteiger partial charge in [0.05, 0.1) is 0 Å². The number of carbonyl (C=O) groups excluding carboxylic acids is 1. The van der Waals surface area contributed by atoms with Crippen molar-refractivity contribution < 1.29 is 14.6 Å². The Bertz CT molecular complexity index is 279. The number of hydrogen-bond acceptors (Lipinski definition) is 4. The number of nitrogens with zero attached hydrogens (tertiary/aromatic N) is 2. The minimum Gasteiger partial charge on any atom is -0.489 e. The van der Waals surface area contributed by atoms with Crippen molar-refractivity contribution in [2.24, 2.45) is 0 Å². The molecule has 0 fully saturated rings. The first-order chi connectivity index (χ1) is 5.69. The molecule has 0 spiro atoms. The molecule has 7 heteroatoms. The molecule has 0 saturated carbocycles. The Morgan fingerprint density at radius 1 is 1.75 bits per heavy atom. The van der Waals surface area contributed by atoms with Gasteiger partial charge in [-0.2, -0.15) is 0 Å². The molecule has 0 bridgehead atoms. The van der Waals surface area contributed by atoms with Crippen molar-refractivity contribution in [1.29, 1.82) is 5.39 Å². The van der Waals surface area contributed by atoms with Gasteiger partial charge >= 0.3 is 11.7 Å². The van der Waals surface area contributed by atoms with Gasteiger partial charge in [-0.25, -0.2) is 4.79 Å². The van der Waals surface area contributed by atoms with Crippen LogP contribution >= 0.6 is 0 Å². The van der Waals surface area contributed by atoms with Crippen LogP contribution in [0.1, 0.15) is 0 Å². The van der Waals surface area contributed by atoms with Crippen LogP contribution < -0.4 is 10.6 Å². The van der Waals surface area contributed by atoms with Gasteiger partial charge in [0.2, 0.25) is 11.6 Å². The number of amides is 2. The second-order valence-corrected chi connectivity index (χ2v) is 2.05. The molecule has 1 heterocycles. The quantitative estimate of drug-likeness (QED) is 0.478. The zero-order valence-corrected chi connectivity index (χ0v) is 6.24. The van der Waals surface area contributed by atoms with Crippen molar-refractivity contribution in [1.82, 2.24) is 10.6 Å². The van der Waals surface area contributed by atoms with Crippen molar-refractivity contribution in [3.63, 3.8) is 0 Å². The standard InChI is InChI=1S/C5H6N4O3/c1-12-4-2(9-6)3(10)7-5(11)8-4/h4H,1H3,(H2-,7,8,10,11)/p+1. The zero-order chi connectivity index (χ0) is 9.14. The summed E-state index contributed by atoms with van der Waals surface area (Å²) in [5.41, 5.74) is -0.169. The van der Waals surface area contributed by atoms with Gasteiger partial charge in [-0.15, -0.1) is 0 Å². The summed E-state index contributed by atoms with van der Waals surface area (Å²) in [7, 11) is 1.30. The average molecular weight is 171 g/mol. The molecule has 1 atom stereocenters. The molecule has 3 N–H and O–H groups in total. The maximum absolute atomic E-state index is 10.7. The maximum atomic E-state index is 10.7. The van der Waals surface area contributed by atoms with Gasteiger partial charge < -0.3 is 15.2 Å². The summed E-state index contributed by atoms with van der Waals surface area (Å²) in [6.45, 7) is 0. The predicted molar refractivity (Wildman–Crippen MR) is 37.2 cm³/mol. The Morgan fingerprint density at radius 2 is 2.42 bits per heavy atom. The van der Waals surface area contributed by atoms with E-state index in [4.69, 9.17) is 15.2 Å². The summed E-state index contributed by atoms with van der Waals surface area (Å²) in [6, 6.07) is -0.619. The highest BCUT2D eigenvalue weighted by molar-refractivity contribution is 5.77. The molecule has 7 nitrogen and oxygen atoms in total. The fourth-order valence-corrected chi connectivity index (χ4v) is 0.790. The van der Waals surface area contributed by atoms with Crippen molar-refractivity contribution in [2.75, 3.05) is 7.11 Å². The van der Waals surface area contributed by atoms with Crippen molar-refractivity contribution in [3.05, 3.63) is 16.6 Å². The molecule has 0 aromatic carbocycles. The minimum absolute atomic E-state index is 0.169. The van der Waals surface area contributed by atoms with E-state index in [1.807, 2.05) is 5.32 Å². The molecule has 2 amide bonds. The van der Waals surface area contributed by atoms with Gasteiger partial charge in [-0.1, -0.05) is 0 Å². The molecule has 0 aromatic heterocycles. The van der Waals surface area contributed by atoms with Crippen molar-refractivity contribution >= 4 is 6.03 Å². The number of nitrogens with one attached hydrogen (secondary N) is 2. The monoisotopic (exact) mass is 171 g/mol. The number of aliphatic hydroxyl groups is 1. The lowest BCUT2D eigenvalue weighted by molar-refractivity contribution is 0.0988. The molecule has 1 aliphatic heterocycles. The first-order valence-corrected chi connectivity index (χ1v) is 3.07. The highest BCUT2D eigenvalue weighted by atomic mass is 16.5. The van der Waals surface area contributed by atoms with Crippen LogP contribution in [0.25, 0.3) is 4.98 Å². The molecule has 1 aliphatic rings. The Labute approximate surface area is 67.6 Å².